The van der Waals surface area contributed by atoms with Crippen molar-refractivity contribution in [3.63, 3.8) is 0 Å². The maximum atomic E-state index is 13.5. The smallest absolute Gasteiger partial charge is 0.226 e. The molecule has 0 aliphatic rings. The van der Waals surface area contributed by atoms with Gasteiger partial charge in [0.25, 0.3) is 0 Å². The molecule has 8 heteroatoms. The van der Waals surface area contributed by atoms with Crippen molar-refractivity contribution in [1.29, 1.82) is 0 Å². The van der Waals surface area contributed by atoms with Crippen molar-refractivity contribution >= 4 is 23.3 Å². The van der Waals surface area contributed by atoms with Crippen LogP contribution in [0.4, 0.5) is 20.3 Å². The summed E-state index contributed by atoms with van der Waals surface area (Å²) in [5.74, 6) is -1.89. The van der Waals surface area contributed by atoms with E-state index in [0.29, 0.717) is 5.76 Å². The van der Waals surface area contributed by atoms with Gasteiger partial charge in [0.15, 0.2) is 5.82 Å². The molecule has 0 aliphatic carbocycles. The van der Waals surface area contributed by atoms with Crippen LogP contribution in [0.2, 0.25) is 0 Å². The molecule has 0 unspecified atom stereocenters. The van der Waals surface area contributed by atoms with Gasteiger partial charge in [0.05, 0.1) is 0 Å². The van der Waals surface area contributed by atoms with Crippen LogP contribution in [0.3, 0.4) is 0 Å². The third kappa shape index (κ3) is 4.12. The molecule has 1 N–H and O–H groups in total. The first-order valence-corrected chi connectivity index (χ1v) is 6.83. The number of halogens is 2. The predicted octanol–water partition coefficient (Wildman–Crippen LogP) is 2.64. The summed E-state index contributed by atoms with van der Waals surface area (Å²) in [5.41, 5.74) is -0.510. The molecule has 0 spiro atoms. The Morgan fingerprint density at radius 2 is 1.96 bits per heavy atom. The number of nitrogens with zero attached hydrogens (tertiary/aromatic N) is 2. The molecule has 6 nitrogen and oxygen atoms in total. The van der Waals surface area contributed by atoms with Crippen LogP contribution in [0, 0.1) is 18.6 Å². The van der Waals surface area contributed by atoms with Crippen LogP contribution in [0.25, 0.3) is 0 Å². The maximum absolute atomic E-state index is 13.5. The lowest BCUT2D eigenvalue weighted by Gasteiger charge is -2.17. The van der Waals surface area contributed by atoms with Crippen molar-refractivity contribution in [3.05, 3.63) is 41.7 Å². The van der Waals surface area contributed by atoms with Gasteiger partial charge in [-0.2, -0.15) is 0 Å². The molecule has 0 aliphatic heterocycles. The molecule has 1 heterocycles. The minimum Gasteiger partial charge on any atom is -0.360 e. The molecule has 0 atom stereocenters. The van der Waals surface area contributed by atoms with Crippen LogP contribution in [0.5, 0.6) is 0 Å². The van der Waals surface area contributed by atoms with Crippen LogP contribution < -0.4 is 10.2 Å². The molecule has 0 fully saturated rings. The molecule has 1 aromatic carbocycles. The number of para-hydroxylation sites is 1. The number of nitrogens with one attached hydrogen (secondary N) is 1. The van der Waals surface area contributed by atoms with Gasteiger partial charge < -0.3 is 9.84 Å². The first kappa shape index (κ1) is 16.6. The van der Waals surface area contributed by atoms with Gasteiger partial charge in [-0.05, 0) is 19.1 Å². The average Bonchev–Trinajstić information content (AvgIpc) is 2.89. The number of anilines is 2. The largest absolute Gasteiger partial charge is 0.360 e. The lowest BCUT2D eigenvalue weighted by molar-refractivity contribution is -0.117. The first-order chi connectivity index (χ1) is 10.9. The highest BCUT2D eigenvalue weighted by Gasteiger charge is 2.18. The van der Waals surface area contributed by atoms with E-state index >= 15 is 0 Å². The first-order valence-electron chi connectivity index (χ1n) is 6.83. The summed E-state index contributed by atoms with van der Waals surface area (Å²) in [4.78, 5) is 24.7. The number of aryl methyl sites for hydroxylation is 1. The van der Waals surface area contributed by atoms with E-state index in [1.807, 2.05) is 0 Å². The van der Waals surface area contributed by atoms with Gasteiger partial charge in [-0.3, -0.25) is 14.5 Å². The molecule has 0 saturated heterocycles. The highest BCUT2D eigenvalue weighted by atomic mass is 19.1. The van der Waals surface area contributed by atoms with E-state index < -0.39 is 23.2 Å². The van der Waals surface area contributed by atoms with Crippen molar-refractivity contribution in [1.82, 2.24) is 5.16 Å². The SMILES string of the molecule is CC(=O)N(CCC(=O)Nc1c(F)cccc1F)c1cc(C)on1. The predicted molar refractivity (Wildman–Crippen MR) is 78.9 cm³/mol. The number of benzene rings is 1. The Balaban J connectivity index is 2.01. The number of amides is 2. The van der Waals surface area contributed by atoms with E-state index in [2.05, 4.69) is 10.5 Å². The lowest BCUT2D eigenvalue weighted by atomic mass is 10.2. The third-order valence-electron chi connectivity index (χ3n) is 3.06. The zero-order chi connectivity index (χ0) is 17.0. The number of rotatable bonds is 5. The quantitative estimate of drug-likeness (QED) is 0.918. The normalized spacial score (nSPS) is 10.4. The van der Waals surface area contributed by atoms with Gasteiger partial charge in [-0.1, -0.05) is 11.2 Å². The topological polar surface area (TPSA) is 75.4 Å². The van der Waals surface area contributed by atoms with E-state index in [4.69, 9.17) is 4.52 Å². The standard InChI is InChI=1S/C15H15F2N3O3/c1-9-8-13(19-23-9)20(10(2)21)7-6-14(22)18-15-11(16)4-3-5-12(15)17/h3-5,8H,6-7H2,1-2H3,(H,18,22). The number of aromatic nitrogens is 1. The second-order valence-electron chi connectivity index (χ2n) is 4.86. The minimum absolute atomic E-state index is 0.00319. The fourth-order valence-corrected chi connectivity index (χ4v) is 1.95. The van der Waals surface area contributed by atoms with E-state index in [0.717, 1.165) is 12.1 Å². The van der Waals surface area contributed by atoms with Gasteiger partial charge in [-0.25, -0.2) is 8.78 Å². The molecule has 2 aromatic rings. The summed E-state index contributed by atoms with van der Waals surface area (Å²) < 4.78 is 31.8. The van der Waals surface area contributed by atoms with Crippen LogP contribution in [0.15, 0.2) is 28.8 Å². The van der Waals surface area contributed by atoms with Crippen LogP contribution in [-0.2, 0) is 9.59 Å². The summed E-state index contributed by atoms with van der Waals surface area (Å²) in [5, 5.41) is 5.86. The lowest BCUT2D eigenvalue weighted by Crippen LogP contribution is -2.32. The van der Waals surface area contributed by atoms with Crippen molar-refractivity contribution in [3.8, 4) is 0 Å². The van der Waals surface area contributed by atoms with Crippen molar-refractivity contribution in [2.24, 2.45) is 0 Å². The second-order valence-corrected chi connectivity index (χ2v) is 4.86. The fraction of sp³-hybridized carbons (Fsp3) is 0.267. The van der Waals surface area contributed by atoms with E-state index in [1.165, 1.54) is 17.9 Å². The molecular formula is C15H15F2N3O3. The Morgan fingerprint density at radius 1 is 1.30 bits per heavy atom. The number of carbonyl (C=O) groups excluding carboxylic acids is 2. The Hall–Kier alpha value is -2.77. The number of hydrogen-bond donors (Lipinski definition) is 1. The summed E-state index contributed by atoms with van der Waals surface area (Å²) in [6.07, 6.45) is -0.154. The molecule has 122 valence electrons. The zero-order valence-electron chi connectivity index (χ0n) is 12.6. The molecule has 1 aromatic heterocycles. The molecule has 23 heavy (non-hydrogen) atoms. The summed E-state index contributed by atoms with van der Waals surface area (Å²) >= 11 is 0. The minimum atomic E-state index is -0.867. The zero-order valence-corrected chi connectivity index (χ0v) is 12.6. The van der Waals surface area contributed by atoms with Crippen LogP contribution in [-0.4, -0.2) is 23.5 Å². The summed E-state index contributed by atoms with van der Waals surface area (Å²) in [6.45, 7) is 2.99. The van der Waals surface area contributed by atoms with Crippen molar-refractivity contribution < 1.29 is 22.9 Å². The Morgan fingerprint density at radius 3 is 2.48 bits per heavy atom. The van der Waals surface area contributed by atoms with E-state index in [9.17, 15) is 18.4 Å². The Bertz CT molecular complexity index is 710. The van der Waals surface area contributed by atoms with E-state index in [-0.39, 0.29) is 24.7 Å². The molecule has 2 amide bonds. The Kier molecular flexibility index (Phi) is 5.05. The van der Waals surface area contributed by atoms with Crippen LogP contribution in [0.1, 0.15) is 19.1 Å². The maximum Gasteiger partial charge on any atom is 0.226 e. The van der Waals surface area contributed by atoms with Crippen molar-refractivity contribution in [2.45, 2.75) is 20.3 Å². The molecular weight excluding hydrogens is 308 g/mol. The van der Waals surface area contributed by atoms with Crippen molar-refractivity contribution in [2.75, 3.05) is 16.8 Å². The average molecular weight is 323 g/mol. The monoisotopic (exact) mass is 323 g/mol. The molecule has 0 radical (unpaired) electrons. The van der Waals surface area contributed by atoms with E-state index in [1.54, 1.807) is 13.0 Å². The highest BCUT2D eigenvalue weighted by Crippen LogP contribution is 2.19. The summed E-state index contributed by atoms with van der Waals surface area (Å²) in [7, 11) is 0. The fourth-order valence-electron chi connectivity index (χ4n) is 1.95. The number of hydrogen-bond acceptors (Lipinski definition) is 4. The highest BCUT2D eigenvalue weighted by molar-refractivity contribution is 5.94. The number of carbonyl (C=O) groups is 2. The second kappa shape index (κ2) is 6.99. The molecule has 0 saturated carbocycles. The van der Waals surface area contributed by atoms with Gasteiger partial charge in [0.2, 0.25) is 11.8 Å². The van der Waals surface area contributed by atoms with Gasteiger partial charge in [-0.15, -0.1) is 0 Å². The van der Waals surface area contributed by atoms with Gasteiger partial charge in [0, 0.05) is 26.0 Å². The molecule has 0 bridgehead atoms. The van der Waals surface area contributed by atoms with Gasteiger partial charge >= 0.3 is 0 Å². The Labute approximate surface area is 131 Å². The van der Waals surface area contributed by atoms with Crippen LogP contribution >= 0.6 is 0 Å². The molecule has 2 rings (SSSR count). The van der Waals surface area contributed by atoms with Gasteiger partial charge in [0.1, 0.15) is 23.1 Å². The third-order valence-corrected chi connectivity index (χ3v) is 3.06. The summed E-state index contributed by atoms with van der Waals surface area (Å²) in [6, 6.07) is 4.83.